The summed E-state index contributed by atoms with van der Waals surface area (Å²) in [6.45, 7) is 0. The molecule has 0 aliphatic rings. The molecule has 0 fully saturated rings. The maximum absolute atomic E-state index is 12.4. The van der Waals surface area contributed by atoms with E-state index in [0.29, 0.717) is 26.7 Å². The smallest absolute Gasteiger partial charge is 0.261 e. The van der Waals surface area contributed by atoms with Gasteiger partial charge in [-0.1, -0.05) is 39.1 Å². The predicted molar refractivity (Wildman–Crippen MR) is 94.2 cm³/mol. The molecule has 2 N–H and O–H groups in total. The Balaban J connectivity index is 2.01. The average Bonchev–Trinajstić information content (AvgIpc) is 2.50. The van der Waals surface area contributed by atoms with Crippen molar-refractivity contribution >= 4 is 61.7 Å². The summed E-state index contributed by atoms with van der Waals surface area (Å²) in [5.74, 6) is -0.445. The first-order chi connectivity index (χ1) is 10.9. The summed E-state index contributed by atoms with van der Waals surface area (Å²) < 4.78 is 6.27. The number of carbonyl (C=O) groups excluding carboxylic acids is 1. The number of benzene rings is 2. The van der Waals surface area contributed by atoms with Gasteiger partial charge in [-0.05, 0) is 42.5 Å². The molecule has 7 heteroatoms. The van der Waals surface area contributed by atoms with Crippen LogP contribution >= 0.6 is 39.1 Å². The zero-order valence-corrected chi connectivity index (χ0v) is 14.6. The van der Waals surface area contributed by atoms with E-state index in [1.165, 1.54) is 12.1 Å². The summed E-state index contributed by atoms with van der Waals surface area (Å²) in [5, 5.41) is 11.9. The van der Waals surface area contributed by atoms with Crippen LogP contribution in [0.25, 0.3) is 11.0 Å². The van der Waals surface area contributed by atoms with Crippen molar-refractivity contribution in [2.24, 2.45) is 0 Å². The lowest BCUT2D eigenvalue weighted by Gasteiger charge is -2.07. The van der Waals surface area contributed by atoms with Crippen molar-refractivity contribution < 1.29 is 9.21 Å². The molecule has 0 saturated carbocycles. The second kappa shape index (κ2) is 6.35. The number of rotatable bonds is 2. The summed E-state index contributed by atoms with van der Waals surface area (Å²) in [7, 11) is 0. The van der Waals surface area contributed by atoms with Gasteiger partial charge in [0.05, 0.1) is 5.02 Å². The van der Waals surface area contributed by atoms with Crippen molar-refractivity contribution in [1.29, 1.82) is 5.41 Å². The fourth-order valence-electron chi connectivity index (χ4n) is 2.07. The third-order valence-corrected chi connectivity index (χ3v) is 4.16. The summed E-state index contributed by atoms with van der Waals surface area (Å²) in [6.07, 6.45) is 0. The van der Waals surface area contributed by atoms with E-state index in [2.05, 4.69) is 21.2 Å². The highest BCUT2D eigenvalue weighted by atomic mass is 79.9. The molecule has 23 heavy (non-hydrogen) atoms. The average molecular weight is 412 g/mol. The maximum atomic E-state index is 12.4. The zero-order valence-electron chi connectivity index (χ0n) is 11.5. The quantitative estimate of drug-likeness (QED) is 0.605. The largest absolute Gasteiger partial charge is 0.437 e. The number of anilines is 1. The Labute approximate surface area is 149 Å². The van der Waals surface area contributed by atoms with Crippen LogP contribution in [0.2, 0.25) is 10.0 Å². The lowest BCUT2D eigenvalue weighted by Crippen LogP contribution is -2.20. The number of carbonyl (C=O) groups is 1. The van der Waals surface area contributed by atoms with Crippen LogP contribution in [0.5, 0.6) is 0 Å². The van der Waals surface area contributed by atoms with Crippen LogP contribution in [-0.2, 0) is 0 Å². The van der Waals surface area contributed by atoms with Gasteiger partial charge >= 0.3 is 0 Å². The Hall–Kier alpha value is -1.82. The molecule has 1 heterocycles. The Morgan fingerprint density at radius 2 is 1.83 bits per heavy atom. The molecule has 3 rings (SSSR count). The molecule has 1 amide bonds. The van der Waals surface area contributed by atoms with Gasteiger partial charge in [-0.3, -0.25) is 10.2 Å². The van der Waals surface area contributed by atoms with Crippen molar-refractivity contribution in [3.05, 3.63) is 68.1 Å². The minimum atomic E-state index is -0.445. The van der Waals surface area contributed by atoms with Crippen LogP contribution in [-0.4, -0.2) is 5.91 Å². The van der Waals surface area contributed by atoms with Crippen LogP contribution in [0.1, 0.15) is 10.4 Å². The first kappa shape index (κ1) is 16.1. The highest BCUT2D eigenvalue weighted by Crippen LogP contribution is 2.27. The van der Waals surface area contributed by atoms with E-state index >= 15 is 0 Å². The minimum absolute atomic E-state index is 0.0961. The highest BCUT2D eigenvalue weighted by Gasteiger charge is 2.14. The first-order valence-corrected chi connectivity index (χ1v) is 8.03. The predicted octanol–water partition coefficient (Wildman–Crippen LogP) is 5.23. The molecule has 1 aromatic heterocycles. The fourth-order valence-corrected chi connectivity index (χ4v) is 2.89. The third-order valence-electron chi connectivity index (χ3n) is 3.13. The summed E-state index contributed by atoms with van der Waals surface area (Å²) in [5.41, 5.74) is 0.762. The molecule has 0 bridgehead atoms. The SMILES string of the molecule is N=c1oc2c(Cl)cc(Cl)cc2cc1C(=O)Nc1ccc(Br)cc1. The molecule has 0 saturated heterocycles. The molecule has 0 unspecified atom stereocenters. The van der Waals surface area contributed by atoms with Gasteiger partial charge in [-0.25, -0.2) is 0 Å². The van der Waals surface area contributed by atoms with E-state index in [0.717, 1.165) is 4.47 Å². The zero-order chi connectivity index (χ0) is 16.6. The number of amides is 1. The molecule has 2 aromatic carbocycles. The fraction of sp³-hybridized carbons (Fsp3) is 0. The number of fused-ring (bicyclic) bond motifs is 1. The van der Waals surface area contributed by atoms with Gasteiger partial charge in [-0.2, -0.15) is 0 Å². The molecule has 116 valence electrons. The van der Waals surface area contributed by atoms with E-state index in [-0.39, 0.29) is 11.1 Å². The van der Waals surface area contributed by atoms with Crippen molar-refractivity contribution in [3.8, 4) is 0 Å². The van der Waals surface area contributed by atoms with Gasteiger partial charge < -0.3 is 9.73 Å². The normalized spacial score (nSPS) is 10.7. The molecule has 0 aliphatic heterocycles. The van der Waals surface area contributed by atoms with Gasteiger partial charge in [-0.15, -0.1) is 0 Å². The van der Waals surface area contributed by atoms with Gasteiger partial charge in [0.2, 0.25) is 5.55 Å². The molecular weight excluding hydrogens is 403 g/mol. The van der Waals surface area contributed by atoms with Crippen molar-refractivity contribution in [2.45, 2.75) is 0 Å². The van der Waals surface area contributed by atoms with E-state index in [1.807, 2.05) is 12.1 Å². The van der Waals surface area contributed by atoms with Crippen molar-refractivity contribution in [2.75, 3.05) is 5.32 Å². The maximum Gasteiger partial charge on any atom is 0.261 e. The number of hydrogen-bond donors (Lipinski definition) is 2. The van der Waals surface area contributed by atoms with Gasteiger partial charge in [0.15, 0.2) is 5.58 Å². The van der Waals surface area contributed by atoms with E-state index in [9.17, 15) is 4.79 Å². The standard InChI is InChI=1S/C16H9BrCl2N2O2/c17-9-1-3-11(4-2-9)21-16(22)12-6-8-5-10(18)7-13(19)14(8)23-15(12)20/h1-7,20H,(H,21,22). The van der Waals surface area contributed by atoms with Gasteiger partial charge in [0.25, 0.3) is 5.91 Å². The van der Waals surface area contributed by atoms with Crippen LogP contribution in [0, 0.1) is 5.41 Å². The van der Waals surface area contributed by atoms with Crippen molar-refractivity contribution in [3.63, 3.8) is 0 Å². The molecular formula is C16H9BrCl2N2O2. The highest BCUT2D eigenvalue weighted by molar-refractivity contribution is 9.10. The molecule has 0 radical (unpaired) electrons. The molecule has 0 spiro atoms. The lowest BCUT2D eigenvalue weighted by atomic mass is 10.1. The van der Waals surface area contributed by atoms with Gasteiger partial charge in [0, 0.05) is 20.6 Å². The Bertz CT molecular complexity index is 968. The second-order valence-corrected chi connectivity index (χ2v) is 6.52. The number of hydrogen-bond acceptors (Lipinski definition) is 3. The van der Waals surface area contributed by atoms with Crippen LogP contribution in [0.4, 0.5) is 5.69 Å². The topological polar surface area (TPSA) is 66.1 Å². The molecule has 0 atom stereocenters. The van der Waals surface area contributed by atoms with E-state index < -0.39 is 5.91 Å². The molecule has 0 aliphatic carbocycles. The van der Waals surface area contributed by atoms with Crippen molar-refractivity contribution in [1.82, 2.24) is 0 Å². The lowest BCUT2D eigenvalue weighted by molar-refractivity contribution is 0.102. The molecule has 4 nitrogen and oxygen atoms in total. The van der Waals surface area contributed by atoms with Crippen LogP contribution in [0.15, 0.2) is 51.4 Å². The summed E-state index contributed by atoms with van der Waals surface area (Å²) in [6, 6.07) is 11.8. The Kier molecular flexibility index (Phi) is 4.43. The van der Waals surface area contributed by atoms with E-state index in [1.54, 1.807) is 18.2 Å². The Morgan fingerprint density at radius 3 is 2.52 bits per heavy atom. The number of nitrogens with one attached hydrogen (secondary N) is 2. The summed E-state index contributed by atoms with van der Waals surface area (Å²) in [4.78, 5) is 12.4. The number of halogens is 3. The minimum Gasteiger partial charge on any atom is -0.437 e. The Morgan fingerprint density at radius 1 is 1.13 bits per heavy atom. The second-order valence-electron chi connectivity index (χ2n) is 4.76. The molecule has 3 aromatic rings. The van der Waals surface area contributed by atoms with Crippen LogP contribution < -0.4 is 10.9 Å². The van der Waals surface area contributed by atoms with Crippen LogP contribution in [0.3, 0.4) is 0 Å². The van der Waals surface area contributed by atoms with Gasteiger partial charge in [0.1, 0.15) is 5.56 Å². The monoisotopic (exact) mass is 410 g/mol. The summed E-state index contributed by atoms with van der Waals surface area (Å²) >= 11 is 15.3. The van der Waals surface area contributed by atoms with E-state index in [4.69, 9.17) is 33.0 Å². The third kappa shape index (κ3) is 3.42. The first-order valence-electron chi connectivity index (χ1n) is 6.48.